The number of hydrogen-bond acceptors (Lipinski definition) is 3. The van der Waals surface area contributed by atoms with Gasteiger partial charge in [0.2, 0.25) is 0 Å². The molecule has 3 heteroatoms. The quantitative estimate of drug-likeness (QED) is 0.833. The van der Waals surface area contributed by atoms with Crippen molar-refractivity contribution in [2.75, 3.05) is 0 Å². The van der Waals surface area contributed by atoms with Gasteiger partial charge in [0.05, 0.1) is 11.6 Å². The lowest BCUT2D eigenvalue weighted by molar-refractivity contribution is -0.129. The number of rotatable bonds is 3. The largest absolute Gasteiger partial charge is 0.385 e. The van der Waals surface area contributed by atoms with Gasteiger partial charge >= 0.3 is 0 Å². The first-order chi connectivity index (χ1) is 7.77. The van der Waals surface area contributed by atoms with E-state index in [9.17, 15) is 9.90 Å². The molecule has 0 spiro atoms. The summed E-state index contributed by atoms with van der Waals surface area (Å²) in [4.78, 5) is 16.4. The van der Waals surface area contributed by atoms with Crippen LogP contribution in [0, 0.1) is 5.92 Å². The third-order valence-electron chi connectivity index (χ3n) is 3.66. The number of aliphatic hydroxyl groups excluding tert-OH is 1. The van der Waals surface area contributed by atoms with Crippen molar-refractivity contribution >= 4 is 5.78 Å². The maximum absolute atomic E-state index is 12.1. The summed E-state index contributed by atoms with van der Waals surface area (Å²) in [5.74, 6) is 0.0482. The second kappa shape index (κ2) is 3.67. The van der Waals surface area contributed by atoms with Gasteiger partial charge in [0.1, 0.15) is 6.10 Å². The molecule has 0 bridgehead atoms. The summed E-state index contributed by atoms with van der Waals surface area (Å²) in [7, 11) is 0. The predicted octanol–water partition coefficient (Wildman–Crippen LogP) is 1.45. The molecule has 2 aliphatic carbocycles. The fourth-order valence-corrected chi connectivity index (χ4v) is 2.54. The lowest BCUT2D eigenvalue weighted by atomic mass is 9.95. The Morgan fingerprint density at radius 3 is 3.00 bits per heavy atom. The molecule has 2 unspecified atom stereocenters. The van der Waals surface area contributed by atoms with Crippen molar-refractivity contribution in [3.63, 3.8) is 0 Å². The minimum Gasteiger partial charge on any atom is -0.385 e. The summed E-state index contributed by atoms with van der Waals surface area (Å²) in [5.41, 5.74) is 2.07. The van der Waals surface area contributed by atoms with E-state index in [0.717, 1.165) is 31.4 Å². The molecule has 16 heavy (non-hydrogen) atoms. The number of aliphatic hydroxyl groups is 1. The van der Waals surface area contributed by atoms with Crippen LogP contribution >= 0.6 is 0 Å². The van der Waals surface area contributed by atoms with Gasteiger partial charge < -0.3 is 5.11 Å². The van der Waals surface area contributed by atoms with Gasteiger partial charge in [0.15, 0.2) is 5.78 Å². The molecule has 1 aromatic heterocycles. The lowest BCUT2D eigenvalue weighted by Crippen LogP contribution is -2.27. The highest BCUT2D eigenvalue weighted by atomic mass is 16.3. The van der Waals surface area contributed by atoms with Crippen molar-refractivity contribution in [1.82, 2.24) is 4.98 Å². The number of aromatic nitrogens is 1. The van der Waals surface area contributed by atoms with Gasteiger partial charge in [-0.3, -0.25) is 9.78 Å². The van der Waals surface area contributed by atoms with Crippen LogP contribution in [-0.4, -0.2) is 22.0 Å². The number of carbonyl (C=O) groups is 1. The molecule has 2 aliphatic rings. The van der Waals surface area contributed by atoms with Crippen molar-refractivity contribution in [3.05, 3.63) is 29.6 Å². The predicted molar refractivity (Wildman–Crippen MR) is 59.0 cm³/mol. The second-order valence-corrected chi connectivity index (χ2v) is 4.82. The van der Waals surface area contributed by atoms with E-state index in [2.05, 4.69) is 4.98 Å². The molecule has 1 fully saturated rings. The zero-order chi connectivity index (χ0) is 11.1. The van der Waals surface area contributed by atoms with Gasteiger partial charge in [-0.2, -0.15) is 0 Å². The van der Waals surface area contributed by atoms with Crippen molar-refractivity contribution in [2.45, 2.75) is 37.7 Å². The molecule has 1 aromatic rings. The Morgan fingerprint density at radius 2 is 2.25 bits per heavy atom. The highest BCUT2D eigenvalue weighted by molar-refractivity contribution is 5.90. The Morgan fingerprint density at radius 1 is 1.44 bits per heavy atom. The zero-order valence-electron chi connectivity index (χ0n) is 9.10. The number of nitrogens with zero attached hydrogens (tertiary/aromatic N) is 1. The molecular weight excluding hydrogens is 202 g/mol. The van der Waals surface area contributed by atoms with E-state index in [1.807, 2.05) is 12.1 Å². The summed E-state index contributed by atoms with van der Waals surface area (Å²) >= 11 is 0. The fraction of sp³-hybridized carbons (Fsp3) is 0.538. The standard InChI is InChI=1S/C13H15NO2/c15-12(9-3-4-9)13(16)10-6-5-8-2-1-7-14-11(8)10/h1-2,7,9-10,12,15H,3-6H2. The molecule has 1 saturated carbocycles. The van der Waals surface area contributed by atoms with Gasteiger partial charge in [0, 0.05) is 6.20 Å². The highest BCUT2D eigenvalue weighted by Gasteiger charge is 2.40. The fourth-order valence-electron chi connectivity index (χ4n) is 2.54. The summed E-state index contributed by atoms with van der Waals surface area (Å²) < 4.78 is 0. The van der Waals surface area contributed by atoms with Crippen LogP contribution in [0.2, 0.25) is 0 Å². The minimum atomic E-state index is -0.752. The first-order valence-electron chi connectivity index (χ1n) is 5.93. The van der Waals surface area contributed by atoms with Crippen LogP contribution in [0.4, 0.5) is 0 Å². The maximum atomic E-state index is 12.1. The summed E-state index contributed by atoms with van der Waals surface area (Å²) in [6, 6.07) is 3.93. The number of carbonyl (C=O) groups excluding carboxylic acids is 1. The van der Waals surface area contributed by atoms with Crippen molar-refractivity contribution in [3.8, 4) is 0 Å². The van der Waals surface area contributed by atoms with Crippen molar-refractivity contribution in [1.29, 1.82) is 0 Å². The molecule has 0 amide bonds. The van der Waals surface area contributed by atoms with Crippen LogP contribution < -0.4 is 0 Å². The molecule has 0 aliphatic heterocycles. The van der Waals surface area contributed by atoms with E-state index in [4.69, 9.17) is 0 Å². The number of ketones is 1. The molecule has 2 atom stereocenters. The van der Waals surface area contributed by atoms with Crippen LogP contribution in [0.1, 0.15) is 36.4 Å². The topological polar surface area (TPSA) is 50.2 Å². The molecule has 1 heterocycles. The monoisotopic (exact) mass is 217 g/mol. The van der Waals surface area contributed by atoms with Crippen LogP contribution in [0.25, 0.3) is 0 Å². The molecule has 0 radical (unpaired) electrons. The Hall–Kier alpha value is -1.22. The minimum absolute atomic E-state index is 0.0139. The Kier molecular flexibility index (Phi) is 2.28. The first-order valence-corrected chi connectivity index (χ1v) is 5.93. The number of hydrogen-bond donors (Lipinski definition) is 1. The van der Waals surface area contributed by atoms with Crippen LogP contribution in [-0.2, 0) is 11.2 Å². The van der Waals surface area contributed by atoms with E-state index < -0.39 is 6.10 Å². The van der Waals surface area contributed by atoms with E-state index in [-0.39, 0.29) is 17.6 Å². The number of aryl methyl sites for hydroxylation is 1. The number of pyridine rings is 1. The van der Waals surface area contributed by atoms with Gasteiger partial charge in [-0.25, -0.2) is 0 Å². The highest BCUT2D eigenvalue weighted by Crippen LogP contribution is 2.38. The van der Waals surface area contributed by atoms with Crippen LogP contribution in [0.3, 0.4) is 0 Å². The molecule has 0 saturated heterocycles. The van der Waals surface area contributed by atoms with Crippen molar-refractivity contribution in [2.24, 2.45) is 5.92 Å². The molecule has 84 valence electrons. The summed E-state index contributed by atoms with van der Waals surface area (Å²) in [6.45, 7) is 0. The third-order valence-corrected chi connectivity index (χ3v) is 3.66. The maximum Gasteiger partial charge on any atom is 0.170 e. The normalized spacial score (nSPS) is 25.2. The van der Waals surface area contributed by atoms with E-state index in [1.54, 1.807) is 6.20 Å². The van der Waals surface area contributed by atoms with Gasteiger partial charge in [0.25, 0.3) is 0 Å². The average molecular weight is 217 g/mol. The van der Waals surface area contributed by atoms with E-state index in [0.29, 0.717) is 0 Å². The van der Waals surface area contributed by atoms with Gasteiger partial charge in [-0.15, -0.1) is 0 Å². The second-order valence-electron chi connectivity index (χ2n) is 4.82. The van der Waals surface area contributed by atoms with E-state index in [1.165, 1.54) is 5.56 Å². The average Bonchev–Trinajstić information content (AvgIpc) is 3.07. The number of fused-ring (bicyclic) bond motifs is 1. The molecule has 3 rings (SSSR count). The first kappa shape index (κ1) is 9.97. The van der Waals surface area contributed by atoms with Crippen LogP contribution in [0.15, 0.2) is 18.3 Å². The van der Waals surface area contributed by atoms with E-state index >= 15 is 0 Å². The van der Waals surface area contributed by atoms with Gasteiger partial charge in [-0.05, 0) is 43.2 Å². The van der Waals surface area contributed by atoms with Crippen molar-refractivity contribution < 1.29 is 9.90 Å². The van der Waals surface area contributed by atoms with Crippen LogP contribution in [0.5, 0.6) is 0 Å². The Bertz CT molecular complexity index is 426. The molecule has 0 aromatic carbocycles. The summed E-state index contributed by atoms with van der Waals surface area (Å²) in [6.07, 6.45) is 4.70. The number of Topliss-reactive ketones (excluding diaryl/α,β-unsaturated/α-hetero) is 1. The SMILES string of the molecule is O=C(C1CCc2cccnc21)C(O)C1CC1. The Labute approximate surface area is 94.5 Å². The molecular formula is C13H15NO2. The van der Waals surface area contributed by atoms with Gasteiger partial charge in [-0.1, -0.05) is 6.07 Å². The third kappa shape index (κ3) is 1.55. The summed E-state index contributed by atoms with van der Waals surface area (Å²) in [5, 5.41) is 9.87. The smallest absolute Gasteiger partial charge is 0.170 e. The zero-order valence-corrected chi connectivity index (χ0v) is 9.10. The molecule has 1 N–H and O–H groups in total. The molecule has 3 nitrogen and oxygen atoms in total. The lowest BCUT2D eigenvalue weighted by Gasteiger charge is -2.14. The Balaban J connectivity index is 1.84.